The van der Waals surface area contributed by atoms with Crippen LogP contribution in [-0.4, -0.2) is 5.16 Å². The summed E-state index contributed by atoms with van der Waals surface area (Å²) in [6.07, 6.45) is 0.864. The highest BCUT2D eigenvalue weighted by Crippen LogP contribution is 2.34. The van der Waals surface area contributed by atoms with E-state index in [9.17, 15) is 0 Å². The van der Waals surface area contributed by atoms with Gasteiger partial charge in [0.25, 0.3) is 0 Å². The van der Waals surface area contributed by atoms with Crippen molar-refractivity contribution in [1.82, 2.24) is 5.16 Å². The zero-order valence-corrected chi connectivity index (χ0v) is 13.9. The molecule has 0 aliphatic heterocycles. The lowest BCUT2D eigenvalue weighted by Crippen LogP contribution is -1.99. The summed E-state index contributed by atoms with van der Waals surface area (Å²) in [6, 6.07) is 6.13. The fourth-order valence-electron chi connectivity index (χ4n) is 1.82. The number of anilines is 1. The van der Waals surface area contributed by atoms with Crippen LogP contribution in [-0.2, 0) is 6.42 Å². The molecule has 2 rings (SSSR count). The van der Waals surface area contributed by atoms with Gasteiger partial charge in [0, 0.05) is 19.2 Å². The highest BCUT2D eigenvalue weighted by atomic mass is 127. The van der Waals surface area contributed by atoms with Crippen molar-refractivity contribution in [3.8, 4) is 11.3 Å². The molecule has 0 aliphatic rings. The van der Waals surface area contributed by atoms with Crippen molar-refractivity contribution in [3.63, 3.8) is 0 Å². The molecule has 0 amide bonds. The lowest BCUT2D eigenvalue weighted by Gasteiger charge is -2.07. The van der Waals surface area contributed by atoms with Gasteiger partial charge in [0.1, 0.15) is 5.69 Å². The first kappa shape index (κ1) is 13.9. The molecule has 0 unspecified atom stereocenters. The molecular formula is C13H14BrIN2O. The van der Waals surface area contributed by atoms with Crippen molar-refractivity contribution in [3.05, 3.63) is 31.8 Å². The van der Waals surface area contributed by atoms with Gasteiger partial charge >= 0.3 is 0 Å². The van der Waals surface area contributed by atoms with Crippen LogP contribution in [0.3, 0.4) is 0 Å². The molecule has 0 saturated carbocycles. The standard InChI is InChI=1S/C13H14BrIN2O/c1-7(2)5-10-12(17-18-13(10)16)9-6-8(15)3-4-11(9)14/h3-4,6-7H,5,16H2,1-2H3. The molecule has 0 atom stereocenters. The molecule has 3 nitrogen and oxygen atoms in total. The maximum atomic E-state index is 5.87. The molecule has 0 aliphatic carbocycles. The first-order valence-corrected chi connectivity index (χ1v) is 7.55. The third-order valence-electron chi connectivity index (χ3n) is 2.61. The number of halogens is 2. The Morgan fingerprint density at radius 3 is 2.83 bits per heavy atom. The van der Waals surface area contributed by atoms with Gasteiger partial charge in [-0.3, -0.25) is 0 Å². The predicted octanol–water partition coefficient (Wildman–Crippen LogP) is 4.49. The Bertz CT molecular complexity index is 566. The lowest BCUT2D eigenvalue weighted by atomic mass is 9.99. The molecule has 0 saturated heterocycles. The molecule has 18 heavy (non-hydrogen) atoms. The van der Waals surface area contributed by atoms with E-state index in [0.29, 0.717) is 11.8 Å². The number of nitrogens with zero attached hydrogens (tertiary/aromatic N) is 1. The Balaban J connectivity index is 2.53. The van der Waals surface area contributed by atoms with Gasteiger partial charge in [-0.25, -0.2) is 0 Å². The second-order valence-electron chi connectivity index (χ2n) is 4.60. The van der Waals surface area contributed by atoms with Crippen LogP contribution in [0.1, 0.15) is 19.4 Å². The molecule has 0 spiro atoms. The molecule has 0 radical (unpaired) electrons. The van der Waals surface area contributed by atoms with Gasteiger partial charge in [-0.1, -0.05) is 34.9 Å². The number of hydrogen-bond acceptors (Lipinski definition) is 3. The zero-order valence-electron chi connectivity index (χ0n) is 10.2. The number of aromatic nitrogens is 1. The molecule has 1 aromatic heterocycles. The molecule has 1 aromatic carbocycles. The van der Waals surface area contributed by atoms with Crippen LogP contribution in [0.4, 0.5) is 5.88 Å². The van der Waals surface area contributed by atoms with Crippen molar-refractivity contribution in [2.24, 2.45) is 5.92 Å². The number of rotatable bonds is 3. The van der Waals surface area contributed by atoms with Crippen LogP contribution in [0.5, 0.6) is 0 Å². The van der Waals surface area contributed by atoms with E-state index in [1.165, 1.54) is 0 Å². The fourth-order valence-corrected chi connectivity index (χ4v) is 2.74. The van der Waals surface area contributed by atoms with Gasteiger partial charge in [0.2, 0.25) is 5.88 Å². The zero-order chi connectivity index (χ0) is 13.3. The molecule has 96 valence electrons. The molecule has 0 fully saturated rings. The maximum absolute atomic E-state index is 5.87. The van der Waals surface area contributed by atoms with Crippen molar-refractivity contribution >= 4 is 44.4 Å². The number of hydrogen-bond donors (Lipinski definition) is 1. The second-order valence-corrected chi connectivity index (χ2v) is 6.70. The van der Waals surface area contributed by atoms with Gasteiger partial charge in [-0.05, 0) is 53.1 Å². The summed E-state index contributed by atoms with van der Waals surface area (Å²) in [4.78, 5) is 0. The van der Waals surface area contributed by atoms with E-state index in [1.807, 2.05) is 12.1 Å². The van der Waals surface area contributed by atoms with Crippen molar-refractivity contribution in [2.75, 3.05) is 5.73 Å². The number of nitrogen functional groups attached to an aromatic ring is 1. The Labute approximate surface area is 128 Å². The van der Waals surface area contributed by atoms with Gasteiger partial charge in [0.05, 0.1) is 0 Å². The predicted molar refractivity (Wildman–Crippen MR) is 85.3 cm³/mol. The van der Waals surface area contributed by atoms with Crippen LogP contribution < -0.4 is 5.73 Å². The average molecular weight is 421 g/mol. The van der Waals surface area contributed by atoms with Crippen molar-refractivity contribution in [2.45, 2.75) is 20.3 Å². The lowest BCUT2D eigenvalue weighted by molar-refractivity contribution is 0.438. The first-order chi connectivity index (χ1) is 8.49. The van der Waals surface area contributed by atoms with Crippen LogP contribution in [0.25, 0.3) is 11.3 Å². The smallest absolute Gasteiger partial charge is 0.225 e. The summed E-state index contributed by atoms with van der Waals surface area (Å²) >= 11 is 5.83. The normalized spacial score (nSPS) is 11.2. The van der Waals surface area contributed by atoms with Crippen molar-refractivity contribution in [1.29, 1.82) is 0 Å². The maximum Gasteiger partial charge on any atom is 0.225 e. The topological polar surface area (TPSA) is 52.0 Å². The summed E-state index contributed by atoms with van der Waals surface area (Å²) in [6.45, 7) is 4.31. The van der Waals surface area contributed by atoms with Crippen LogP contribution in [0.2, 0.25) is 0 Å². The summed E-state index contributed by atoms with van der Waals surface area (Å²) in [5.74, 6) is 0.927. The minimum absolute atomic E-state index is 0.421. The highest BCUT2D eigenvalue weighted by Gasteiger charge is 2.18. The Morgan fingerprint density at radius 1 is 1.44 bits per heavy atom. The van der Waals surface area contributed by atoms with Crippen LogP contribution in [0, 0.1) is 9.49 Å². The van der Waals surface area contributed by atoms with E-state index in [2.05, 4.69) is 63.6 Å². The third-order valence-corrected chi connectivity index (χ3v) is 3.98. The highest BCUT2D eigenvalue weighted by molar-refractivity contribution is 14.1. The van der Waals surface area contributed by atoms with Crippen LogP contribution in [0.15, 0.2) is 27.2 Å². The van der Waals surface area contributed by atoms with E-state index >= 15 is 0 Å². The third kappa shape index (κ3) is 2.88. The average Bonchev–Trinajstić information content (AvgIpc) is 2.64. The van der Waals surface area contributed by atoms with E-state index in [4.69, 9.17) is 10.3 Å². The van der Waals surface area contributed by atoms with Gasteiger partial charge < -0.3 is 10.3 Å². The Morgan fingerprint density at radius 2 is 2.17 bits per heavy atom. The van der Waals surface area contributed by atoms with Gasteiger partial charge in [0.15, 0.2) is 0 Å². The van der Waals surface area contributed by atoms with E-state index in [1.54, 1.807) is 0 Å². The summed E-state index contributed by atoms with van der Waals surface area (Å²) in [5, 5.41) is 4.11. The molecule has 0 bridgehead atoms. The molecule has 1 heterocycles. The van der Waals surface area contributed by atoms with E-state index in [-0.39, 0.29) is 0 Å². The van der Waals surface area contributed by atoms with Crippen molar-refractivity contribution < 1.29 is 4.52 Å². The largest absolute Gasteiger partial charge is 0.367 e. The summed E-state index contributed by atoms with van der Waals surface area (Å²) < 4.78 is 7.31. The molecule has 2 N–H and O–H groups in total. The Hall–Kier alpha value is -0.560. The first-order valence-electron chi connectivity index (χ1n) is 5.68. The Kier molecular flexibility index (Phi) is 4.32. The summed E-state index contributed by atoms with van der Waals surface area (Å²) in [7, 11) is 0. The number of nitrogens with two attached hydrogens (primary N) is 1. The monoisotopic (exact) mass is 420 g/mol. The quantitative estimate of drug-likeness (QED) is 0.744. The fraction of sp³-hybridized carbons (Fsp3) is 0.308. The summed E-state index contributed by atoms with van der Waals surface area (Å²) in [5.41, 5.74) is 8.73. The molecule has 2 aromatic rings. The molecule has 5 heteroatoms. The minimum Gasteiger partial charge on any atom is -0.367 e. The van der Waals surface area contributed by atoms with E-state index in [0.717, 1.165) is 31.3 Å². The van der Waals surface area contributed by atoms with Gasteiger partial charge in [-0.15, -0.1) is 0 Å². The van der Waals surface area contributed by atoms with Crippen LogP contribution >= 0.6 is 38.5 Å². The molecular weight excluding hydrogens is 407 g/mol. The van der Waals surface area contributed by atoms with Gasteiger partial charge in [-0.2, -0.15) is 0 Å². The minimum atomic E-state index is 0.421. The second kappa shape index (κ2) is 5.61. The SMILES string of the molecule is CC(C)Cc1c(-c2cc(I)ccc2Br)noc1N. The number of benzene rings is 1. The van der Waals surface area contributed by atoms with E-state index < -0.39 is 0 Å².